The van der Waals surface area contributed by atoms with Gasteiger partial charge in [0.15, 0.2) is 5.75 Å². The molecule has 1 atom stereocenters. The Balaban J connectivity index is 2.45. The molecule has 0 bridgehead atoms. The Morgan fingerprint density at radius 2 is 2.06 bits per heavy atom. The quantitative estimate of drug-likeness (QED) is 0.460. The maximum Gasteiger partial charge on any atom is 0.240 e. The number of benzene rings is 2. The maximum atomic E-state index is 5.44. The first-order valence-corrected chi connectivity index (χ1v) is 6.92. The molecule has 1 heterocycles. The predicted molar refractivity (Wildman–Crippen MR) is 75.3 cm³/mol. The Hall–Kier alpha value is -1.85. The van der Waals surface area contributed by atoms with E-state index in [-0.39, 0.29) is 10.5 Å². The molecule has 0 saturated carbocycles. The van der Waals surface area contributed by atoms with Gasteiger partial charge in [-0.05, 0) is 17.4 Å². The van der Waals surface area contributed by atoms with Crippen LogP contribution in [0.3, 0.4) is 0 Å². The van der Waals surface area contributed by atoms with Crippen molar-refractivity contribution in [1.82, 2.24) is 4.98 Å². The van der Waals surface area contributed by atoms with Gasteiger partial charge in [0.1, 0.15) is 5.52 Å². The zero-order valence-corrected chi connectivity index (χ0v) is 10.4. The Morgan fingerprint density at radius 1 is 1.24 bits per heavy atom. The Morgan fingerprint density at radius 3 is 2.88 bits per heavy atom. The lowest BCUT2D eigenvalue weighted by Gasteiger charge is -1.95. The molecule has 0 saturated heterocycles. The number of terminal acetylenes is 1. The molecule has 0 aliphatic heterocycles. The lowest BCUT2D eigenvalue weighted by atomic mass is 10.1. The Kier molecular flexibility index (Phi) is 2.35. The lowest BCUT2D eigenvalue weighted by Crippen LogP contribution is -1.74. The topological polar surface area (TPSA) is 12.9 Å². The van der Waals surface area contributed by atoms with E-state index in [1.807, 2.05) is 0 Å². The van der Waals surface area contributed by atoms with Crippen LogP contribution in [-0.4, -0.2) is 4.98 Å². The van der Waals surface area contributed by atoms with Gasteiger partial charge in [-0.3, -0.25) is 0 Å². The van der Waals surface area contributed by atoms with Gasteiger partial charge in [0.2, 0.25) is 9.71 Å². The standard InChI is InChI=1S/C15H12NS/c1-3-10-17-11(2)16-15-13-7-5-4-6-12(13)8-9-14(15)17/h1,4-9H,10H2,2H3/q+1. The molecular formula is C15H12NS+. The van der Waals surface area contributed by atoms with Gasteiger partial charge < -0.3 is 0 Å². The third-order valence-corrected chi connectivity index (χ3v) is 5.10. The summed E-state index contributed by atoms with van der Waals surface area (Å²) in [6.07, 6.45) is 5.44. The van der Waals surface area contributed by atoms with Crippen molar-refractivity contribution < 1.29 is 0 Å². The fourth-order valence-electron chi connectivity index (χ4n) is 2.19. The summed E-state index contributed by atoms with van der Waals surface area (Å²) in [6.45, 7) is 2.08. The molecular weight excluding hydrogens is 226 g/mol. The van der Waals surface area contributed by atoms with Gasteiger partial charge in [0.05, 0.1) is 0 Å². The Labute approximate surface area is 103 Å². The van der Waals surface area contributed by atoms with Crippen LogP contribution in [0.5, 0.6) is 0 Å². The van der Waals surface area contributed by atoms with Crippen molar-refractivity contribution in [3.05, 3.63) is 41.4 Å². The first kappa shape index (κ1) is 10.3. The zero-order valence-electron chi connectivity index (χ0n) is 9.60. The van der Waals surface area contributed by atoms with Crippen molar-refractivity contribution in [3.63, 3.8) is 0 Å². The van der Waals surface area contributed by atoms with Crippen molar-refractivity contribution in [1.29, 1.82) is 0 Å². The van der Waals surface area contributed by atoms with Crippen LogP contribution >= 0.6 is 10.5 Å². The second kappa shape index (κ2) is 3.87. The van der Waals surface area contributed by atoms with E-state index < -0.39 is 0 Å². The Bertz CT molecular complexity index is 747. The summed E-state index contributed by atoms with van der Waals surface area (Å²) >= 11 is 0. The normalized spacial score (nSPS) is 11.9. The van der Waals surface area contributed by atoms with Gasteiger partial charge in [-0.25, -0.2) is 0 Å². The second-order valence-electron chi connectivity index (χ2n) is 4.00. The fourth-order valence-corrected chi connectivity index (χ4v) is 3.86. The molecule has 17 heavy (non-hydrogen) atoms. The number of aryl methyl sites for hydroxylation is 1. The van der Waals surface area contributed by atoms with E-state index in [9.17, 15) is 0 Å². The summed E-state index contributed by atoms with van der Waals surface area (Å²) in [4.78, 5) is 4.71. The summed E-state index contributed by atoms with van der Waals surface area (Å²) in [5, 5.41) is 3.64. The highest BCUT2D eigenvalue weighted by atomic mass is 32.2. The number of thiazole rings is 1. The lowest BCUT2D eigenvalue weighted by molar-refractivity contribution is 1.34. The molecule has 0 fully saturated rings. The second-order valence-corrected chi connectivity index (χ2v) is 6.10. The first-order chi connectivity index (χ1) is 8.31. The van der Waals surface area contributed by atoms with Crippen LogP contribution in [0.4, 0.5) is 0 Å². The van der Waals surface area contributed by atoms with Gasteiger partial charge >= 0.3 is 0 Å². The number of rotatable bonds is 1. The molecule has 0 aliphatic rings. The fraction of sp³-hybridized carbons (Fsp3) is 0.133. The highest BCUT2D eigenvalue weighted by molar-refractivity contribution is 7.36. The summed E-state index contributed by atoms with van der Waals surface area (Å²) in [5.74, 6) is 3.53. The monoisotopic (exact) mass is 238 g/mol. The minimum atomic E-state index is 0.0109. The van der Waals surface area contributed by atoms with Gasteiger partial charge in [0.25, 0.3) is 0 Å². The number of fused-ring (bicyclic) bond motifs is 3. The molecule has 2 heteroatoms. The molecule has 3 rings (SSSR count). The molecule has 0 amide bonds. The van der Waals surface area contributed by atoms with Crippen LogP contribution in [0.25, 0.3) is 21.0 Å². The summed E-state index contributed by atoms with van der Waals surface area (Å²) < 4.78 is 1.30. The zero-order chi connectivity index (χ0) is 11.8. The molecule has 2 aromatic carbocycles. The smallest absolute Gasteiger partial charge is 0.196 e. The van der Waals surface area contributed by atoms with Crippen LogP contribution in [-0.2, 0) is 5.75 Å². The molecule has 0 radical (unpaired) electrons. The van der Waals surface area contributed by atoms with Crippen molar-refractivity contribution in [2.75, 3.05) is 0 Å². The molecule has 1 unspecified atom stereocenters. The molecule has 1 nitrogen and oxygen atoms in total. The van der Waals surface area contributed by atoms with Crippen molar-refractivity contribution in [3.8, 4) is 12.3 Å². The van der Waals surface area contributed by atoms with E-state index in [0.29, 0.717) is 0 Å². The molecule has 3 aromatic rings. The first-order valence-electron chi connectivity index (χ1n) is 5.52. The molecule has 0 aliphatic carbocycles. The van der Waals surface area contributed by atoms with E-state index in [2.05, 4.69) is 49.2 Å². The van der Waals surface area contributed by atoms with Gasteiger partial charge in [0, 0.05) is 28.8 Å². The largest absolute Gasteiger partial charge is 0.240 e. The maximum absolute atomic E-state index is 5.44. The van der Waals surface area contributed by atoms with E-state index in [1.165, 1.54) is 15.5 Å². The average Bonchev–Trinajstić information content (AvgIpc) is 2.67. The third-order valence-electron chi connectivity index (χ3n) is 2.98. The van der Waals surface area contributed by atoms with Crippen molar-refractivity contribution in [2.45, 2.75) is 12.7 Å². The van der Waals surface area contributed by atoms with Crippen LogP contribution < -0.4 is 0 Å². The number of hydrogen-bond donors (Lipinski definition) is 0. The number of hydrogen-bond acceptors (Lipinski definition) is 1. The van der Waals surface area contributed by atoms with Crippen LogP contribution in [0.1, 0.15) is 5.01 Å². The average molecular weight is 238 g/mol. The summed E-state index contributed by atoms with van der Waals surface area (Å²) in [5.41, 5.74) is 1.12. The van der Waals surface area contributed by atoms with E-state index in [1.54, 1.807) is 0 Å². The van der Waals surface area contributed by atoms with Crippen LogP contribution in [0.15, 0.2) is 36.4 Å². The van der Waals surface area contributed by atoms with Gasteiger partial charge in [-0.15, -0.1) is 6.42 Å². The molecule has 0 spiro atoms. The van der Waals surface area contributed by atoms with Gasteiger partial charge in [-0.1, -0.05) is 24.3 Å². The van der Waals surface area contributed by atoms with E-state index >= 15 is 0 Å². The molecule has 82 valence electrons. The molecule has 0 N–H and O–H groups in total. The number of aromatic nitrogens is 1. The SMILES string of the molecule is C#CC[s+]1c(C)nc2c3ccccc3ccc21. The number of nitrogens with zero attached hydrogens (tertiary/aromatic N) is 1. The van der Waals surface area contributed by atoms with Crippen LogP contribution in [0, 0.1) is 19.3 Å². The highest BCUT2D eigenvalue weighted by Gasteiger charge is 2.19. The van der Waals surface area contributed by atoms with Crippen molar-refractivity contribution in [2.24, 2.45) is 0 Å². The predicted octanol–water partition coefficient (Wildman–Crippen LogP) is 4.08. The minimum Gasteiger partial charge on any atom is -0.196 e. The highest BCUT2D eigenvalue weighted by Crippen LogP contribution is 2.37. The third kappa shape index (κ3) is 1.51. The minimum absolute atomic E-state index is 0.0109. The summed E-state index contributed by atoms with van der Waals surface area (Å²) in [6, 6.07) is 12.7. The van der Waals surface area contributed by atoms with Gasteiger partial charge in [-0.2, -0.15) is 4.98 Å². The van der Waals surface area contributed by atoms with Crippen molar-refractivity contribution >= 4 is 31.5 Å². The van der Waals surface area contributed by atoms with E-state index in [0.717, 1.165) is 16.3 Å². The summed E-state index contributed by atoms with van der Waals surface area (Å²) in [7, 11) is 0.0109. The van der Waals surface area contributed by atoms with E-state index in [4.69, 9.17) is 11.4 Å². The van der Waals surface area contributed by atoms with Crippen LogP contribution in [0.2, 0.25) is 0 Å². The molecule has 1 aromatic heterocycles.